The maximum Gasteiger partial charge on any atom is 0.242 e. The van der Waals surface area contributed by atoms with E-state index in [1.165, 1.54) is 12.8 Å². The minimum atomic E-state index is -0.232. The molecule has 0 aromatic carbocycles. The second-order valence-corrected chi connectivity index (χ2v) is 5.66. The highest BCUT2D eigenvalue weighted by Gasteiger charge is 2.42. The van der Waals surface area contributed by atoms with Crippen LogP contribution >= 0.6 is 0 Å². The summed E-state index contributed by atoms with van der Waals surface area (Å²) < 4.78 is 0. The van der Waals surface area contributed by atoms with Crippen molar-refractivity contribution in [2.75, 3.05) is 19.6 Å². The number of rotatable bonds is 6. The first-order valence-electron chi connectivity index (χ1n) is 7.26. The first-order valence-corrected chi connectivity index (χ1v) is 7.26. The third-order valence-corrected chi connectivity index (χ3v) is 4.21. The summed E-state index contributed by atoms with van der Waals surface area (Å²) in [5.74, 6) is 1.16. The van der Waals surface area contributed by atoms with Crippen LogP contribution in [0.25, 0.3) is 0 Å². The fraction of sp³-hybridized carbons (Fsp3) is 0.929. The van der Waals surface area contributed by atoms with E-state index in [1.807, 2.05) is 0 Å². The van der Waals surface area contributed by atoms with Crippen molar-refractivity contribution in [3.8, 4) is 0 Å². The van der Waals surface area contributed by atoms with Gasteiger partial charge in [-0.3, -0.25) is 4.79 Å². The fourth-order valence-corrected chi connectivity index (χ4v) is 2.90. The molecule has 2 fully saturated rings. The molecule has 3 heteroatoms. The average molecular weight is 238 g/mol. The van der Waals surface area contributed by atoms with Crippen molar-refractivity contribution in [2.45, 2.75) is 57.9 Å². The second-order valence-electron chi connectivity index (χ2n) is 5.66. The van der Waals surface area contributed by atoms with E-state index in [0.29, 0.717) is 5.91 Å². The van der Waals surface area contributed by atoms with Gasteiger partial charge in [0.05, 0.1) is 5.54 Å². The Balaban J connectivity index is 2.02. The summed E-state index contributed by atoms with van der Waals surface area (Å²) in [5.41, 5.74) is -0.232. The van der Waals surface area contributed by atoms with Gasteiger partial charge < -0.3 is 10.2 Å². The molecule has 1 N–H and O–H groups in total. The maximum atomic E-state index is 12.7. The summed E-state index contributed by atoms with van der Waals surface area (Å²) in [6, 6.07) is 0. The van der Waals surface area contributed by atoms with E-state index in [0.717, 1.165) is 51.2 Å². The summed E-state index contributed by atoms with van der Waals surface area (Å²) in [7, 11) is 0. The van der Waals surface area contributed by atoms with Gasteiger partial charge in [0.1, 0.15) is 0 Å². The predicted octanol–water partition coefficient (Wildman–Crippen LogP) is 2.17. The standard InChI is InChI=1S/C14H26N2O/c1-3-10-16(11-12-6-7-12)13(17)14(4-2)8-5-9-15-14/h12,15H,3-11H2,1-2H3. The van der Waals surface area contributed by atoms with Crippen LogP contribution in [0.5, 0.6) is 0 Å². The number of amides is 1. The molecule has 2 aliphatic rings. The molecule has 0 spiro atoms. The van der Waals surface area contributed by atoms with Crippen molar-refractivity contribution >= 4 is 5.91 Å². The molecule has 1 atom stereocenters. The second kappa shape index (κ2) is 5.38. The van der Waals surface area contributed by atoms with E-state index in [4.69, 9.17) is 0 Å². The molecule has 1 amide bonds. The zero-order valence-corrected chi connectivity index (χ0v) is 11.3. The average Bonchev–Trinajstić information content (AvgIpc) is 3.02. The third kappa shape index (κ3) is 2.82. The van der Waals surface area contributed by atoms with E-state index in [1.54, 1.807) is 0 Å². The van der Waals surface area contributed by atoms with Crippen LogP contribution in [0.3, 0.4) is 0 Å². The molecule has 3 nitrogen and oxygen atoms in total. The van der Waals surface area contributed by atoms with Crippen molar-refractivity contribution in [3.05, 3.63) is 0 Å². The Morgan fingerprint density at radius 2 is 2.18 bits per heavy atom. The number of nitrogens with zero attached hydrogens (tertiary/aromatic N) is 1. The molecule has 98 valence electrons. The molecule has 1 aliphatic heterocycles. The first-order chi connectivity index (χ1) is 8.22. The molecule has 1 saturated heterocycles. The van der Waals surface area contributed by atoms with Crippen molar-refractivity contribution in [3.63, 3.8) is 0 Å². The number of hydrogen-bond acceptors (Lipinski definition) is 2. The lowest BCUT2D eigenvalue weighted by Crippen LogP contribution is -2.55. The van der Waals surface area contributed by atoms with Gasteiger partial charge in [0, 0.05) is 13.1 Å². The lowest BCUT2D eigenvalue weighted by molar-refractivity contribution is -0.138. The maximum absolute atomic E-state index is 12.7. The van der Waals surface area contributed by atoms with Gasteiger partial charge in [-0.15, -0.1) is 0 Å². The molecule has 2 rings (SSSR count). The van der Waals surface area contributed by atoms with Crippen LogP contribution in [0, 0.1) is 5.92 Å². The quantitative estimate of drug-likeness (QED) is 0.769. The minimum Gasteiger partial charge on any atom is -0.341 e. The molecule has 0 aromatic heterocycles. The smallest absolute Gasteiger partial charge is 0.242 e. The Morgan fingerprint density at radius 3 is 2.65 bits per heavy atom. The van der Waals surface area contributed by atoms with Crippen molar-refractivity contribution < 1.29 is 4.79 Å². The van der Waals surface area contributed by atoms with Gasteiger partial charge in [-0.2, -0.15) is 0 Å². The van der Waals surface area contributed by atoms with Crippen LogP contribution in [0.1, 0.15) is 52.4 Å². The van der Waals surface area contributed by atoms with Crippen molar-refractivity contribution in [1.29, 1.82) is 0 Å². The predicted molar refractivity (Wildman–Crippen MR) is 69.9 cm³/mol. The Bertz CT molecular complexity index is 267. The molecule has 0 aromatic rings. The molecule has 1 aliphatic carbocycles. The van der Waals surface area contributed by atoms with Crippen LogP contribution in [0.4, 0.5) is 0 Å². The lowest BCUT2D eigenvalue weighted by atomic mass is 9.92. The Hall–Kier alpha value is -0.570. The molecular weight excluding hydrogens is 212 g/mol. The molecule has 1 saturated carbocycles. The Labute approximate surface area is 105 Å². The van der Waals surface area contributed by atoms with E-state index in [9.17, 15) is 4.79 Å². The van der Waals surface area contributed by atoms with Gasteiger partial charge >= 0.3 is 0 Å². The monoisotopic (exact) mass is 238 g/mol. The zero-order valence-electron chi connectivity index (χ0n) is 11.3. The topological polar surface area (TPSA) is 32.3 Å². The molecule has 0 bridgehead atoms. The van der Waals surface area contributed by atoms with E-state index < -0.39 is 0 Å². The van der Waals surface area contributed by atoms with Crippen LogP contribution in [-0.2, 0) is 4.79 Å². The zero-order chi connectivity index (χ0) is 12.3. The first kappa shape index (κ1) is 12.9. The highest BCUT2D eigenvalue weighted by molar-refractivity contribution is 5.86. The number of carbonyl (C=O) groups excluding carboxylic acids is 1. The number of carbonyl (C=O) groups is 1. The van der Waals surface area contributed by atoms with Gasteiger partial charge in [-0.1, -0.05) is 13.8 Å². The number of hydrogen-bond donors (Lipinski definition) is 1. The van der Waals surface area contributed by atoms with Crippen LogP contribution < -0.4 is 5.32 Å². The van der Waals surface area contributed by atoms with Gasteiger partial charge in [0.25, 0.3) is 0 Å². The van der Waals surface area contributed by atoms with Gasteiger partial charge in [0.15, 0.2) is 0 Å². The van der Waals surface area contributed by atoms with Crippen LogP contribution in [0.15, 0.2) is 0 Å². The van der Waals surface area contributed by atoms with Crippen LogP contribution in [-0.4, -0.2) is 36.0 Å². The largest absolute Gasteiger partial charge is 0.341 e. The molecule has 17 heavy (non-hydrogen) atoms. The summed E-state index contributed by atoms with van der Waals surface area (Å²) in [6.07, 6.45) is 6.80. The Kier molecular flexibility index (Phi) is 4.08. The van der Waals surface area contributed by atoms with Gasteiger partial charge in [-0.05, 0) is 51.0 Å². The lowest BCUT2D eigenvalue weighted by Gasteiger charge is -2.34. The fourth-order valence-electron chi connectivity index (χ4n) is 2.90. The van der Waals surface area contributed by atoms with E-state index in [2.05, 4.69) is 24.1 Å². The van der Waals surface area contributed by atoms with Gasteiger partial charge in [0.2, 0.25) is 5.91 Å². The van der Waals surface area contributed by atoms with E-state index in [-0.39, 0.29) is 5.54 Å². The Morgan fingerprint density at radius 1 is 1.41 bits per heavy atom. The summed E-state index contributed by atoms with van der Waals surface area (Å²) in [6.45, 7) is 7.23. The summed E-state index contributed by atoms with van der Waals surface area (Å²) in [5, 5.41) is 3.46. The SMILES string of the molecule is CCCN(CC1CC1)C(=O)C1(CC)CCCN1. The molecule has 1 heterocycles. The van der Waals surface area contributed by atoms with Gasteiger partial charge in [-0.25, -0.2) is 0 Å². The molecule has 0 radical (unpaired) electrons. The minimum absolute atomic E-state index is 0.232. The van der Waals surface area contributed by atoms with Crippen molar-refractivity contribution in [1.82, 2.24) is 10.2 Å². The number of nitrogens with one attached hydrogen (secondary N) is 1. The molecular formula is C14H26N2O. The highest BCUT2D eigenvalue weighted by Crippen LogP contribution is 2.32. The highest BCUT2D eigenvalue weighted by atomic mass is 16.2. The summed E-state index contributed by atoms with van der Waals surface area (Å²) in [4.78, 5) is 14.8. The molecule has 1 unspecified atom stereocenters. The normalized spacial score (nSPS) is 28.4. The third-order valence-electron chi connectivity index (χ3n) is 4.21. The van der Waals surface area contributed by atoms with Crippen molar-refractivity contribution in [2.24, 2.45) is 5.92 Å². The summed E-state index contributed by atoms with van der Waals surface area (Å²) >= 11 is 0. The van der Waals surface area contributed by atoms with E-state index >= 15 is 0 Å². The van der Waals surface area contributed by atoms with Crippen LogP contribution in [0.2, 0.25) is 0 Å².